The van der Waals surface area contributed by atoms with E-state index in [0.29, 0.717) is 27.0 Å². The van der Waals surface area contributed by atoms with Crippen molar-refractivity contribution in [2.24, 2.45) is 0 Å². The molecule has 8 heteroatoms. The maximum absolute atomic E-state index is 11.9. The van der Waals surface area contributed by atoms with Crippen LogP contribution in [-0.4, -0.2) is 24.4 Å². The van der Waals surface area contributed by atoms with Crippen molar-refractivity contribution in [1.29, 1.82) is 0 Å². The summed E-state index contributed by atoms with van der Waals surface area (Å²) in [6.45, 7) is 0.936. The summed E-state index contributed by atoms with van der Waals surface area (Å²) in [4.78, 5) is 34.6. The highest BCUT2D eigenvalue weighted by molar-refractivity contribution is 6.42. The Balaban J connectivity index is 1.84. The smallest absolute Gasteiger partial charge is 0.331 e. The Morgan fingerprint density at radius 1 is 1.00 bits per heavy atom. The molecule has 0 aromatic heterocycles. The number of hydrogen-bond acceptors (Lipinski definition) is 4. The fourth-order valence-corrected chi connectivity index (χ4v) is 2.35. The molecule has 0 aliphatic carbocycles. The molecule has 0 fully saturated rings. The molecule has 2 amide bonds. The highest BCUT2D eigenvalue weighted by atomic mass is 35.5. The predicted octanol–water partition coefficient (Wildman–Crippen LogP) is 4.15. The molecule has 0 aliphatic rings. The quantitative estimate of drug-likeness (QED) is 0.557. The van der Waals surface area contributed by atoms with Crippen LogP contribution in [0.1, 0.15) is 12.5 Å². The first-order valence-electron chi connectivity index (χ1n) is 7.81. The number of carbonyl (C=O) groups excluding carboxylic acids is 3. The fourth-order valence-electron chi connectivity index (χ4n) is 2.04. The fraction of sp³-hybridized carbons (Fsp3) is 0.105. The van der Waals surface area contributed by atoms with Gasteiger partial charge in [-0.25, -0.2) is 4.79 Å². The van der Waals surface area contributed by atoms with E-state index in [2.05, 4.69) is 10.6 Å². The third-order valence-corrected chi connectivity index (χ3v) is 3.91. The molecule has 0 unspecified atom stereocenters. The van der Waals surface area contributed by atoms with Gasteiger partial charge in [0.15, 0.2) is 6.61 Å². The Kier molecular flexibility index (Phi) is 7.40. The highest BCUT2D eigenvalue weighted by Gasteiger charge is 2.07. The van der Waals surface area contributed by atoms with Crippen molar-refractivity contribution in [3.05, 3.63) is 64.1 Å². The van der Waals surface area contributed by atoms with Gasteiger partial charge in [-0.3, -0.25) is 9.59 Å². The van der Waals surface area contributed by atoms with Gasteiger partial charge in [-0.15, -0.1) is 0 Å². The van der Waals surface area contributed by atoms with E-state index in [1.807, 2.05) is 0 Å². The van der Waals surface area contributed by atoms with E-state index < -0.39 is 18.5 Å². The van der Waals surface area contributed by atoms with Gasteiger partial charge in [0.1, 0.15) is 0 Å². The van der Waals surface area contributed by atoms with Gasteiger partial charge in [0, 0.05) is 24.4 Å². The molecule has 2 aromatic rings. The van der Waals surface area contributed by atoms with Crippen LogP contribution in [0.25, 0.3) is 6.08 Å². The van der Waals surface area contributed by atoms with Crippen molar-refractivity contribution >= 4 is 58.4 Å². The number of hydrogen-bond donors (Lipinski definition) is 2. The van der Waals surface area contributed by atoms with Gasteiger partial charge in [-0.2, -0.15) is 0 Å². The van der Waals surface area contributed by atoms with Crippen LogP contribution in [0.5, 0.6) is 0 Å². The molecule has 6 nitrogen and oxygen atoms in total. The van der Waals surface area contributed by atoms with Crippen molar-refractivity contribution in [1.82, 2.24) is 0 Å². The molecule has 2 N–H and O–H groups in total. The molecular formula is C19H16Cl2N2O4. The van der Waals surface area contributed by atoms with E-state index in [0.717, 1.165) is 0 Å². The summed E-state index contributed by atoms with van der Waals surface area (Å²) >= 11 is 11.7. The van der Waals surface area contributed by atoms with E-state index in [1.165, 1.54) is 19.1 Å². The number of rotatable bonds is 6. The van der Waals surface area contributed by atoms with Gasteiger partial charge in [-0.1, -0.05) is 35.3 Å². The lowest BCUT2D eigenvalue weighted by molar-refractivity contribution is -0.142. The minimum Gasteiger partial charge on any atom is -0.452 e. The van der Waals surface area contributed by atoms with Gasteiger partial charge in [0.25, 0.3) is 5.91 Å². The monoisotopic (exact) mass is 406 g/mol. The van der Waals surface area contributed by atoms with Crippen LogP contribution >= 0.6 is 23.2 Å². The Hall–Kier alpha value is -2.83. The van der Waals surface area contributed by atoms with Crippen molar-refractivity contribution < 1.29 is 19.1 Å². The second kappa shape index (κ2) is 9.75. The number of benzene rings is 2. The summed E-state index contributed by atoms with van der Waals surface area (Å²) in [5.74, 6) is -1.41. The first-order valence-corrected chi connectivity index (χ1v) is 8.56. The number of ether oxygens (including phenoxy) is 1. The Morgan fingerprint density at radius 2 is 1.70 bits per heavy atom. The molecule has 140 valence electrons. The molecule has 0 radical (unpaired) electrons. The molecule has 27 heavy (non-hydrogen) atoms. The summed E-state index contributed by atoms with van der Waals surface area (Å²) in [5.41, 5.74) is 1.68. The number of halogens is 2. The van der Waals surface area contributed by atoms with Crippen molar-refractivity contribution in [3.8, 4) is 0 Å². The number of nitrogens with one attached hydrogen (secondary N) is 2. The second-order valence-corrected chi connectivity index (χ2v) is 6.24. The van der Waals surface area contributed by atoms with Crippen LogP contribution < -0.4 is 10.6 Å². The molecule has 0 aliphatic heterocycles. The van der Waals surface area contributed by atoms with E-state index >= 15 is 0 Å². The van der Waals surface area contributed by atoms with Crippen LogP contribution in [0.3, 0.4) is 0 Å². The summed E-state index contributed by atoms with van der Waals surface area (Å²) in [5, 5.41) is 5.96. The SMILES string of the molecule is CC(=O)Nc1cccc(NC(=O)COC(=O)/C=C/c2ccc(Cl)c(Cl)c2)c1. The Morgan fingerprint density at radius 3 is 2.37 bits per heavy atom. The minimum atomic E-state index is -0.678. The first kappa shape index (κ1) is 20.5. The molecule has 0 saturated carbocycles. The molecule has 0 saturated heterocycles. The average molecular weight is 407 g/mol. The zero-order chi connectivity index (χ0) is 19.8. The van der Waals surface area contributed by atoms with Crippen LogP contribution in [-0.2, 0) is 19.1 Å². The molecule has 0 atom stereocenters. The normalized spacial score (nSPS) is 10.5. The number of amides is 2. The lowest BCUT2D eigenvalue weighted by Gasteiger charge is -2.08. The van der Waals surface area contributed by atoms with Crippen molar-refractivity contribution in [3.63, 3.8) is 0 Å². The first-order chi connectivity index (χ1) is 12.8. The maximum atomic E-state index is 11.9. The summed E-state index contributed by atoms with van der Waals surface area (Å²) in [6, 6.07) is 11.5. The number of carbonyl (C=O) groups is 3. The number of esters is 1. The lowest BCUT2D eigenvalue weighted by Crippen LogP contribution is -2.20. The predicted molar refractivity (Wildman–Crippen MR) is 106 cm³/mol. The van der Waals surface area contributed by atoms with Crippen molar-refractivity contribution in [2.75, 3.05) is 17.2 Å². The second-order valence-electron chi connectivity index (χ2n) is 5.42. The van der Waals surface area contributed by atoms with Crippen LogP contribution in [0, 0.1) is 0 Å². The lowest BCUT2D eigenvalue weighted by atomic mass is 10.2. The standard InChI is InChI=1S/C19H16Cl2N2O4/c1-12(24)22-14-3-2-4-15(10-14)23-18(25)11-27-19(26)8-6-13-5-7-16(20)17(21)9-13/h2-10H,11H2,1H3,(H,22,24)(H,23,25)/b8-6+. The van der Waals surface area contributed by atoms with Gasteiger partial charge in [-0.05, 0) is 42.0 Å². The zero-order valence-electron chi connectivity index (χ0n) is 14.3. The summed E-state index contributed by atoms with van der Waals surface area (Å²) < 4.78 is 4.88. The molecule has 2 aromatic carbocycles. The highest BCUT2D eigenvalue weighted by Crippen LogP contribution is 2.23. The van der Waals surface area contributed by atoms with Gasteiger partial charge in [0.2, 0.25) is 5.91 Å². The molecule has 2 rings (SSSR count). The molecule has 0 spiro atoms. The van der Waals surface area contributed by atoms with E-state index in [1.54, 1.807) is 42.5 Å². The summed E-state index contributed by atoms with van der Waals surface area (Å²) in [7, 11) is 0. The van der Waals surface area contributed by atoms with Crippen LogP contribution in [0.2, 0.25) is 10.0 Å². The van der Waals surface area contributed by atoms with Crippen LogP contribution in [0.15, 0.2) is 48.5 Å². The Bertz CT molecular complexity index is 897. The minimum absolute atomic E-state index is 0.221. The zero-order valence-corrected chi connectivity index (χ0v) is 15.8. The average Bonchev–Trinajstić information content (AvgIpc) is 2.60. The van der Waals surface area contributed by atoms with E-state index in [4.69, 9.17) is 27.9 Å². The topological polar surface area (TPSA) is 84.5 Å². The van der Waals surface area contributed by atoms with Crippen molar-refractivity contribution in [2.45, 2.75) is 6.92 Å². The molecular weight excluding hydrogens is 391 g/mol. The molecule has 0 heterocycles. The Labute approximate surface area is 166 Å². The largest absolute Gasteiger partial charge is 0.452 e. The maximum Gasteiger partial charge on any atom is 0.331 e. The van der Waals surface area contributed by atoms with Gasteiger partial charge >= 0.3 is 5.97 Å². The number of anilines is 2. The van der Waals surface area contributed by atoms with Gasteiger partial charge in [0.05, 0.1) is 10.0 Å². The van der Waals surface area contributed by atoms with E-state index in [9.17, 15) is 14.4 Å². The van der Waals surface area contributed by atoms with Gasteiger partial charge < -0.3 is 15.4 Å². The summed E-state index contributed by atoms with van der Waals surface area (Å²) in [6.07, 6.45) is 2.68. The van der Waals surface area contributed by atoms with E-state index in [-0.39, 0.29) is 5.91 Å². The third kappa shape index (κ3) is 7.13. The third-order valence-electron chi connectivity index (χ3n) is 3.17. The van der Waals surface area contributed by atoms with Crippen LogP contribution in [0.4, 0.5) is 11.4 Å². The molecule has 0 bridgehead atoms.